The summed E-state index contributed by atoms with van der Waals surface area (Å²) in [5.74, 6) is -0.468. The molecule has 142 valence electrons. The minimum Gasteiger partial charge on any atom is -0.311 e. The normalized spacial score (nSPS) is 12.0. The smallest absolute Gasteiger partial charge is 0.272 e. The molecule has 0 fully saturated rings. The maximum atomic E-state index is 12.3. The standard InChI is InChI=1S/C19H13Cl2N3O3S/c1-2-9-23-18-15(21)10-13(20)11-16(18)28-19(23)22-17(25)8-5-12-3-6-14(7-4-12)24(26)27/h2-8,10-11H,1,9H2/b8-5-,22-19?. The Hall–Kier alpha value is -2.74. The highest BCUT2D eigenvalue weighted by Gasteiger charge is 2.11. The van der Waals surface area contributed by atoms with Crippen LogP contribution in [0.1, 0.15) is 5.56 Å². The van der Waals surface area contributed by atoms with Crippen molar-refractivity contribution in [3.8, 4) is 0 Å². The molecule has 0 spiro atoms. The molecule has 6 nitrogen and oxygen atoms in total. The first-order valence-corrected chi connectivity index (χ1v) is 9.57. The summed E-state index contributed by atoms with van der Waals surface area (Å²) in [5, 5.41) is 11.6. The van der Waals surface area contributed by atoms with Gasteiger partial charge in [-0.15, -0.1) is 6.58 Å². The third-order valence-electron chi connectivity index (χ3n) is 3.74. The molecule has 1 heterocycles. The van der Waals surface area contributed by atoms with Crippen LogP contribution in [0.4, 0.5) is 5.69 Å². The zero-order chi connectivity index (χ0) is 20.3. The molecular formula is C19H13Cl2N3O3S. The third-order valence-corrected chi connectivity index (χ3v) is 5.27. The lowest BCUT2D eigenvalue weighted by Gasteiger charge is -2.03. The lowest BCUT2D eigenvalue weighted by Crippen LogP contribution is -2.15. The first-order valence-electron chi connectivity index (χ1n) is 7.99. The largest absolute Gasteiger partial charge is 0.311 e. The summed E-state index contributed by atoms with van der Waals surface area (Å²) in [7, 11) is 0. The van der Waals surface area contributed by atoms with Crippen LogP contribution in [0, 0.1) is 10.1 Å². The van der Waals surface area contributed by atoms with E-state index in [2.05, 4.69) is 11.6 Å². The van der Waals surface area contributed by atoms with Crippen molar-refractivity contribution in [3.63, 3.8) is 0 Å². The number of allylic oxidation sites excluding steroid dienone is 1. The van der Waals surface area contributed by atoms with Crippen molar-refractivity contribution in [1.29, 1.82) is 0 Å². The van der Waals surface area contributed by atoms with Crippen molar-refractivity contribution in [2.24, 2.45) is 4.99 Å². The van der Waals surface area contributed by atoms with E-state index < -0.39 is 10.8 Å². The van der Waals surface area contributed by atoms with Crippen molar-refractivity contribution in [2.45, 2.75) is 6.54 Å². The van der Waals surface area contributed by atoms with Gasteiger partial charge < -0.3 is 4.57 Å². The molecule has 0 aliphatic heterocycles. The number of nitro groups is 1. The summed E-state index contributed by atoms with van der Waals surface area (Å²) in [6.45, 7) is 4.16. The quantitative estimate of drug-likeness (QED) is 0.238. The van der Waals surface area contributed by atoms with Gasteiger partial charge in [-0.3, -0.25) is 14.9 Å². The Labute approximate surface area is 173 Å². The van der Waals surface area contributed by atoms with Crippen molar-refractivity contribution >= 4 is 62.4 Å². The summed E-state index contributed by atoms with van der Waals surface area (Å²) in [6.07, 6.45) is 4.54. The van der Waals surface area contributed by atoms with Gasteiger partial charge in [0.05, 0.1) is 20.2 Å². The fourth-order valence-corrected chi connectivity index (χ4v) is 4.35. The predicted octanol–water partition coefficient (Wildman–Crippen LogP) is 5.24. The fourth-order valence-electron chi connectivity index (χ4n) is 2.52. The van der Waals surface area contributed by atoms with Crippen LogP contribution in [-0.4, -0.2) is 15.4 Å². The molecule has 0 atom stereocenters. The molecule has 0 bridgehead atoms. The SMILES string of the molecule is C=CCn1c(=NC(=O)/C=C\c2ccc([N+](=O)[O-])cc2)sc2cc(Cl)cc(Cl)c21. The topological polar surface area (TPSA) is 77.5 Å². The van der Waals surface area contributed by atoms with Crippen LogP contribution in [0.25, 0.3) is 16.3 Å². The van der Waals surface area contributed by atoms with Crippen LogP contribution in [0.2, 0.25) is 10.0 Å². The molecule has 0 aliphatic carbocycles. The Bertz CT molecular complexity index is 1180. The summed E-state index contributed by atoms with van der Waals surface area (Å²) < 4.78 is 2.61. The molecule has 0 aliphatic rings. The Morgan fingerprint density at radius 2 is 2.00 bits per heavy atom. The number of hydrogen-bond donors (Lipinski definition) is 0. The number of non-ortho nitro benzene ring substituents is 1. The van der Waals surface area contributed by atoms with Gasteiger partial charge in [0.25, 0.3) is 11.6 Å². The molecule has 0 N–H and O–H groups in total. The number of benzene rings is 2. The number of nitro benzene ring substituents is 1. The third kappa shape index (κ3) is 4.39. The summed E-state index contributed by atoms with van der Waals surface area (Å²) in [5.41, 5.74) is 1.38. The van der Waals surface area contributed by atoms with Gasteiger partial charge in [0.2, 0.25) is 0 Å². The summed E-state index contributed by atoms with van der Waals surface area (Å²) in [4.78, 5) is 27.1. The number of fused-ring (bicyclic) bond motifs is 1. The second-order valence-electron chi connectivity index (χ2n) is 5.65. The van der Waals surface area contributed by atoms with Gasteiger partial charge >= 0.3 is 0 Å². The number of carbonyl (C=O) groups is 1. The molecule has 1 amide bonds. The van der Waals surface area contributed by atoms with E-state index in [4.69, 9.17) is 23.2 Å². The molecule has 0 radical (unpaired) electrons. The molecule has 28 heavy (non-hydrogen) atoms. The van der Waals surface area contributed by atoms with Crippen LogP contribution >= 0.6 is 34.5 Å². The fraction of sp³-hybridized carbons (Fsp3) is 0.0526. The number of hydrogen-bond acceptors (Lipinski definition) is 4. The molecule has 3 aromatic rings. The van der Waals surface area contributed by atoms with E-state index in [1.807, 2.05) is 0 Å². The Morgan fingerprint density at radius 3 is 2.64 bits per heavy atom. The number of rotatable bonds is 5. The van der Waals surface area contributed by atoms with E-state index in [-0.39, 0.29) is 5.69 Å². The van der Waals surface area contributed by atoms with E-state index in [9.17, 15) is 14.9 Å². The van der Waals surface area contributed by atoms with Gasteiger partial charge in [-0.05, 0) is 35.9 Å². The highest BCUT2D eigenvalue weighted by Crippen LogP contribution is 2.29. The highest BCUT2D eigenvalue weighted by atomic mass is 35.5. The minimum atomic E-state index is -0.481. The van der Waals surface area contributed by atoms with Crippen molar-refractivity contribution in [3.05, 3.63) is 85.7 Å². The first kappa shape index (κ1) is 20.0. The zero-order valence-corrected chi connectivity index (χ0v) is 16.7. The maximum Gasteiger partial charge on any atom is 0.272 e. The number of aromatic nitrogens is 1. The van der Waals surface area contributed by atoms with Crippen molar-refractivity contribution < 1.29 is 9.72 Å². The molecular weight excluding hydrogens is 421 g/mol. The van der Waals surface area contributed by atoms with Crippen LogP contribution in [0.5, 0.6) is 0 Å². The van der Waals surface area contributed by atoms with Gasteiger partial charge in [0, 0.05) is 29.8 Å². The average molecular weight is 434 g/mol. The van der Waals surface area contributed by atoms with Gasteiger partial charge in [-0.2, -0.15) is 4.99 Å². The number of carbonyl (C=O) groups excluding carboxylic acids is 1. The van der Waals surface area contributed by atoms with Gasteiger partial charge in [-0.1, -0.05) is 40.6 Å². The van der Waals surface area contributed by atoms with E-state index in [1.54, 1.807) is 41.0 Å². The lowest BCUT2D eigenvalue weighted by atomic mass is 10.2. The molecule has 9 heteroatoms. The molecule has 3 rings (SSSR count). The number of nitrogens with zero attached hydrogens (tertiary/aromatic N) is 3. The monoisotopic (exact) mass is 433 g/mol. The molecule has 0 unspecified atom stereocenters. The number of amides is 1. The van der Waals surface area contributed by atoms with Crippen LogP contribution < -0.4 is 4.80 Å². The second-order valence-corrected chi connectivity index (χ2v) is 7.50. The highest BCUT2D eigenvalue weighted by molar-refractivity contribution is 7.16. The Morgan fingerprint density at radius 1 is 1.29 bits per heavy atom. The maximum absolute atomic E-state index is 12.3. The van der Waals surface area contributed by atoms with Crippen molar-refractivity contribution in [2.75, 3.05) is 0 Å². The van der Waals surface area contributed by atoms with E-state index in [0.717, 1.165) is 10.2 Å². The predicted molar refractivity (Wildman–Crippen MR) is 113 cm³/mol. The summed E-state index contributed by atoms with van der Waals surface area (Å²) >= 11 is 13.7. The van der Waals surface area contributed by atoms with Gasteiger partial charge in [0.15, 0.2) is 4.80 Å². The molecule has 2 aromatic carbocycles. The minimum absolute atomic E-state index is 0.0144. The van der Waals surface area contributed by atoms with Gasteiger partial charge in [-0.25, -0.2) is 0 Å². The number of thiazole rings is 1. The second kappa shape index (κ2) is 8.52. The van der Waals surface area contributed by atoms with E-state index in [1.165, 1.54) is 29.5 Å². The van der Waals surface area contributed by atoms with E-state index in [0.29, 0.717) is 27.0 Å². The van der Waals surface area contributed by atoms with Crippen molar-refractivity contribution in [1.82, 2.24) is 4.57 Å². The lowest BCUT2D eigenvalue weighted by molar-refractivity contribution is -0.384. The molecule has 1 aromatic heterocycles. The molecule has 0 saturated heterocycles. The van der Waals surface area contributed by atoms with Crippen LogP contribution in [0.15, 0.2) is 60.1 Å². The Kier molecular flexibility index (Phi) is 6.08. The molecule has 0 saturated carbocycles. The Balaban J connectivity index is 1.95. The summed E-state index contributed by atoms with van der Waals surface area (Å²) in [6, 6.07) is 9.26. The van der Waals surface area contributed by atoms with Crippen LogP contribution in [0.3, 0.4) is 0 Å². The zero-order valence-electron chi connectivity index (χ0n) is 14.3. The van der Waals surface area contributed by atoms with E-state index >= 15 is 0 Å². The van der Waals surface area contributed by atoms with Crippen LogP contribution in [-0.2, 0) is 11.3 Å². The average Bonchev–Trinajstić information content (AvgIpc) is 2.97. The van der Waals surface area contributed by atoms with Gasteiger partial charge in [0.1, 0.15) is 0 Å². The number of halogens is 2. The first-order chi connectivity index (χ1) is 13.4.